The van der Waals surface area contributed by atoms with Crippen LogP contribution in [0.1, 0.15) is 115 Å². The molecule has 38 heavy (non-hydrogen) atoms. The van der Waals surface area contributed by atoms with Crippen LogP contribution in [0, 0.1) is 23.7 Å². The summed E-state index contributed by atoms with van der Waals surface area (Å²) in [6.07, 6.45) is 13.7. The van der Waals surface area contributed by atoms with Gasteiger partial charge < -0.3 is 20.7 Å². The van der Waals surface area contributed by atoms with Gasteiger partial charge in [-0.15, -0.1) is 0 Å². The summed E-state index contributed by atoms with van der Waals surface area (Å²) < 4.78 is 2.42. The van der Waals surface area contributed by atoms with Crippen molar-refractivity contribution in [2.24, 2.45) is 34.4 Å². The monoisotopic (exact) mass is 523 g/mol. The first-order valence-corrected chi connectivity index (χ1v) is 14.9. The summed E-state index contributed by atoms with van der Waals surface area (Å²) in [6, 6.07) is 0.241. The number of amidine groups is 1. The number of imidazole rings is 1. The van der Waals surface area contributed by atoms with E-state index in [-0.39, 0.29) is 17.7 Å². The zero-order valence-corrected chi connectivity index (χ0v) is 23.3. The van der Waals surface area contributed by atoms with Crippen molar-refractivity contribution >= 4 is 28.9 Å². The topological polar surface area (TPSA) is 131 Å². The van der Waals surface area contributed by atoms with Crippen LogP contribution in [-0.2, 0) is 6.54 Å². The molecule has 2 aromatic rings. The average molecular weight is 524 g/mol. The van der Waals surface area contributed by atoms with Gasteiger partial charge in [-0.25, -0.2) is 19.7 Å². The second kappa shape index (κ2) is 11.6. The van der Waals surface area contributed by atoms with Crippen molar-refractivity contribution in [2.45, 2.75) is 116 Å². The standard InChI is InChI=1S/C29H45N7O2/c1-17-12-14-20(15-13-17)16-36-23-25(31-19(3)22-10-7-11-22)33-27(24(30)32-29(37)38)34-26(23)35-28(36)18(2)21-8-5-4-6-9-21/h17-22H,4-16H2,1-3H3,(H2,30,32)(H,37,38)(H,31,33,34)/t17?,18?,19-,20?/m1/s1. The highest BCUT2D eigenvalue weighted by Crippen LogP contribution is 2.39. The van der Waals surface area contributed by atoms with Gasteiger partial charge in [0.05, 0.1) is 0 Å². The Kier molecular flexibility index (Phi) is 8.19. The van der Waals surface area contributed by atoms with Gasteiger partial charge in [-0.2, -0.15) is 4.99 Å². The van der Waals surface area contributed by atoms with E-state index in [1.807, 2.05) is 0 Å². The Hall–Kier alpha value is -2.71. The predicted molar refractivity (Wildman–Crippen MR) is 151 cm³/mol. The fourth-order valence-electron chi connectivity index (χ4n) is 6.84. The van der Waals surface area contributed by atoms with Crippen LogP contribution in [0.2, 0.25) is 0 Å². The van der Waals surface area contributed by atoms with E-state index in [1.165, 1.54) is 77.0 Å². The molecule has 2 aromatic heterocycles. The van der Waals surface area contributed by atoms with Crippen LogP contribution in [0.15, 0.2) is 4.99 Å². The lowest BCUT2D eigenvalue weighted by Crippen LogP contribution is -2.32. The van der Waals surface area contributed by atoms with Crippen LogP contribution in [-0.4, -0.2) is 42.6 Å². The molecule has 1 unspecified atom stereocenters. The molecule has 2 heterocycles. The number of anilines is 1. The van der Waals surface area contributed by atoms with Gasteiger partial charge in [-0.3, -0.25) is 0 Å². The third kappa shape index (κ3) is 5.81. The molecule has 9 heteroatoms. The molecule has 4 N–H and O–H groups in total. The molecule has 3 fully saturated rings. The molecule has 0 aromatic carbocycles. The molecule has 0 bridgehead atoms. The Labute approximate surface area is 226 Å². The minimum absolute atomic E-state index is 0.122. The molecule has 0 spiro atoms. The van der Waals surface area contributed by atoms with Gasteiger partial charge in [-0.05, 0) is 69.1 Å². The van der Waals surface area contributed by atoms with E-state index in [4.69, 9.17) is 15.7 Å². The van der Waals surface area contributed by atoms with Crippen molar-refractivity contribution in [3.05, 3.63) is 11.6 Å². The number of amides is 1. The fraction of sp³-hybridized carbons (Fsp3) is 0.759. The molecule has 0 aliphatic heterocycles. The van der Waals surface area contributed by atoms with E-state index in [0.29, 0.717) is 35.1 Å². The molecular weight excluding hydrogens is 478 g/mol. The molecule has 1 amide bonds. The molecule has 2 atom stereocenters. The zero-order valence-electron chi connectivity index (χ0n) is 23.3. The largest absolute Gasteiger partial charge is 0.463 e. The Balaban J connectivity index is 1.61. The molecule has 3 aliphatic rings. The maximum absolute atomic E-state index is 11.3. The predicted octanol–water partition coefficient (Wildman–Crippen LogP) is 6.32. The lowest BCUT2D eigenvalue weighted by atomic mass is 9.80. The smallest absolute Gasteiger partial charge is 0.433 e. The van der Waals surface area contributed by atoms with Crippen molar-refractivity contribution in [3.63, 3.8) is 0 Å². The van der Waals surface area contributed by atoms with Crippen molar-refractivity contribution in [2.75, 3.05) is 5.32 Å². The minimum atomic E-state index is -1.35. The van der Waals surface area contributed by atoms with Crippen molar-refractivity contribution in [3.8, 4) is 0 Å². The SMILES string of the molecule is CC1CCC(Cn2c(C(C)C3CCCCC3)nc3nc(/C(N)=N/C(=O)O)nc(N[C@H](C)C4CCC4)c32)CC1. The third-order valence-electron chi connectivity index (χ3n) is 9.64. The van der Waals surface area contributed by atoms with Crippen molar-refractivity contribution in [1.82, 2.24) is 19.5 Å². The Bertz CT molecular complexity index is 1160. The van der Waals surface area contributed by atoms with E-state index in [9.17, 15) is 9.90 Å². The Morgan fingerprint density at radius 3 is 2.32 bits per heavy atom. The average Bonchev–Trinajstić information content (AvgIpc) is 3.22. The zero-order chi connectivity index (χ0) is 26.8. The van der Waals surface area contributed by atoms with Gasteiger partial charge in [0, 0.05) is 18.5 Å². The quantitative estimate of drug-likeness (QED) is 0.272. The number of nitrogens with zero attached hydrogens (tertiary/aromatic N) is 5. The van der Waals surface area contributed by atoms with E-state index in [2.05, 4.69) is 40.6 Å². The summed E-state index contributed by atoms with van der Waals surface area (Å²) in [5, 5.41) is 12.9. The molecule has 208 valence electrons. The number of carboxylic acid groups (broad SMARTS) is 1. The number of nitrogens with two attached hydrogens (primary N) is 1. The first kappa shape index (κ1) is 26.9. The van der Waals surface area contributed by atoms with Gasteiger partial charge in [0.1, 0.15) is 11.3 Å². The van der Waals surface area contributed by atoms with Crippen molar-refractivity contribution in [1.29, 1.82) is 0 Å². The lowest BCUT2D eigenvalue weighted by Gasteiger charge is -2.33. The second-order valence-electron chi connectivity index (χ2n) is 12.4. The van der Waals surface area contributed by atoms with Crippen LogP contribution in [0.5, 0.6) is 0 Å². The van der Waals surface area contributed by atoms with E-state index < -0.39 is 6.09 Å². The summed E-state index contributed by atoms with van der Waals surface area (Å²) in [5.41, 5.74) is 7.57. The number of aromatic nitrogens is 4. The normalized spacial score (nSPS) is 25.2. The van der Waals surface area contributed by atoms with Gasteiger partial charge in [-0.1, -0.05) is 52.4 Å². The number of aliphatic imine (C=N–C) groups is 1. The van der Waals surface area contributed by atoms with Crippen LogP contribution in [0.3, 0.4) is 0 Å². The molecule has 0 radical (unpaired) electrons. The Morgan fingerprint density at radius 2 is 1.68 bits per heavy atom. The number of hydrogen-bond acceptors (Lipinski definition) is 5. The molecule has 3 aliphatic carbocycles. The van der Waals surface area contributed by atoms with Crippen LogP contribution < -0.4 is 11.1 Å². The van der Waals surface area contributed by atoms with Gasteiger partial charge in [0.25, 0.3) is 0 Å². The molecule has 0 saturated heterocycles. The number of fused-ring (bicyclic) bond motifs is 1. The molecular formula is C29H45N7O2. The first-order valence-electron chi connectivity index (χ1n) is 14.9. The number of carbonyl (C=O) groups is 1. The van der Waals surface area contributed by atoms with Gasteiger partial charge in [0.15, 0.2) is 23.1 Å². The summed E-state index contributed by atoms with van der Waals surface area (Å²) >= 11 is 0. The van der Waals surface area contributed by atoms with Crippen molar-refractivity contribution < 1.29 is 9.90 Å². The van der Waals surface area contributed by atoms with Crippen LogP contribution in [0.4, 0.5) is 10.6 Å². The third-order valence-corrected chi connectivity index (χ3v) is 9.64. The Morgan fingerprint density at radius 1 is 1.00 bits per heavy atom. The van der Waals surface area contributed by atoms with Gasteiger partial charge in [0.2, 0.25) is 0 Å². The van der Waals surface area contributed by atoms with Gasteiger partial charge >= 0.3 is 6.09 Å². The lowest BCUT2D eigenvalue weighted by molar-refractivity contribution is 0.205. The number of hydrogen-bond donors (Lipinski definition) is 3. The second-order valence-corrected chi connectivity index (χ2v) is 12.4. The molecule has 5 rings (SSSR count). The van der Waals surface area contributed by atoms with E-state index >= 15 is 0 Å². The van der Waals surface area contributed by atoms with Crippen LogP contribution in [0.25, 0.3) is 11.2 Å². The van der Waals surface area contributed by atoms with E-state index in [1.54, 1.807) is 0 Å². The minimum Gasteiger partial charge on any atom is -0.463 e. The summed E-state index contributed by atoms with van der Waals surface area (Å²) in [4.78, 5) is 29.4. The highest BCUT2D eigenvalue weighted by Gasteiger charge is 2.31. The number of rotatable bonds is 8. The fourth-order valence-corrected chi connectivity index (χ4v) is 6.84. The summed E-state index contributed by atoms with van der Waals surface area (Å²) in [7, 11) is 0. The summed E-state index contributed by atoms with van der Waals surface area (Å²) in [5.74, 6) is 4.65. The summed E-state index contributed by atoms with van der Waals surface area (Å²) in [6.45, 7) is 7.82. The maximum Gasteiger partial charge on any atom is 0.433 e. The van der Waals surface area contributed by atoms with Crippen LogP contribution >= 0.6 is 0 Å². The maximum atomic E-state index is 11.3. The molecule has 3 saturated carbocycles. The number of nitrogens with one attached hydrogen (secondary N) is 1. The molecule has 9 nitrogen and oxygen atoms in total. The highest BCUT2D eigenvalue weighted by atomic mass is 16.4. The highest BCUT2D eigenvalue weighted by molar-refractivity contribution is 6.01. The van der Waals surface area contributed by atoms with E-state index in [0.717, 1.165) is 23.8 Å². The first-order chi connectivity index (χ1) is 18.3.